The molecular formula is C32H28ClN3O3S. The summed E-state index contributed by atoms with van der Waals surface area (Å²) >= 11 is 7.67. The van der Waals surface area contributed by atoms with Gasteiger partial charge in [-0.2, -0.15) is 0 Å². The zero-order valence-electron chi connectivity index (χ0n) is 22.0. The molecule has 0 spiro atoms. The molecule has 8 heteroatoms. The van der Waals surface area contributed by atoms with Gasteiger partial charge in [0.1, 0.15) is 5.70 Å². The second-order valence-corrected chi connectivity index (χ2v) is 10.4. The Balaban J connectivity index is 1.46. The van der Waals surface area contributed by atoms with E-state index in [-0.39, 0.29) is 17.4 Å². The number of thioether (sulfide) groups is 1. The number of benzene rings is 4. The standard InChI is InChI=1S/C32H28ClN3O3S/c1-21-10-8-17-28(22(21)2)35-30(37)20-40-26-15-9-14-25(19-26)34-32(39)29(18-24-13-6-7-16-27(24)33)36-31(38)23-11-4-3-5-12-23/h3-19H,20H2,1-2H3,(H,34,39)(H,35,37)(H,36,38)/b29-18+. The molecule has 0 fully saturated rings. The molecule has 202 valence electrons. The molecule has 0 aromatic heterocycles. The smallest absolute Gasteiger partial charge is 0.272 e. The van der Waals surface area contributed by atoms with E-state index in [4.69, 9.17) is 11.6 Å². The minimum Gasteiger partial charge on any atom is -0.325 e. The first kappa shape index (κ1) is 28.7. The average Bonchev–Trinajstić information content (AvgIpc) is 2.96. The molecule has 0 radical (unpaired) electrons. The van der Waals surface area contributed by atoms with Crippen molar-refractivity contribution in [2.24, 2.45) is 0 Å². The predicted molar refractivity (Wildman–Crippen MR) is 164 cm³/mol. The van der Waals surface area contributed by atoms with E-state index in [1.807, 2.05) is 44.2 Å². The molecule has 0 bridgehead atoms. The van der Waals surface area contributed by atoms with Gasteiger partial charge >= 0.3 is 0 Å². The van der Waals surface area contributed by atoms with E-state index in [2.05, 4.69) is 16.0 Å². The summed E-state index contributed by atoms with van der Waals surface area (Å²) in [5.74, 6) is -0.857. The highest BCUT2D eigenvalue weighted by Crippen LogP contribution is 2.24. The highest BCUT2D eigenvalue weighted by Gasteiger charge is 2.16. The first-order chi connectivity index (χ1) is 19.3. The van der Waals surface area contributed by atoms with Crippen LogP contribution in [0.3, 0.4) is 0 Å². The number of carbonyl (C=O) groups excluding carboxylic acids is 3. The van der Waals surface area contributed by atoms with Crippen LogP contribution in [0.1, 0.15) is 27.0 Å². The van der Waals surface area contributed by atoms with E-state index in [0.717, 1.165) is 21.7 Å². The Labute approximate surface area is 242 Å². The van der Waals surface area contributed by atoms with Crippen LogP contribution in [0.5, 0.6) is 0 Å². The van der Waals surface area contributed by atoms with Crippen molar-refractivity contribution in [2.45, 2.75) is 18.7 Å². The summed E-state index contributed by atoms with van der Waals surface area (Å²) in [5, 5.41) is 8.95. The summed E-state index contributed by atoms with van der Waals surface area (Å²) in [4.78, 5) is 39.5. The maximum atomic E-state index is 13.3. The third kappa shape index (κ3) is 7.85. The van der Waals surface area contributed by atoms with Crippen molar-refractivity contribution in [3.8, 4) is 0 Å². The lowest BCUT2D eigenvalue weighted by molar-refractivity contribution is -0.114. The fourth-order valence-electron chi connectivity index (χ4n) is 3.77. The van der Waals surface area contributed by atoms with Crippen LogP contribution < -0.4 is 16.0 Å². The third-order valence-electron chi connectivity index (χ3n) is 6.07. The largest absolute Gasteiger partial charge is 0.325 e. The molecule has 4 rings (SSSR count). The van der Waals surface area contributed by atoms with Gasteiger partial charge in [-0.1, -0.05) is 66.2 Å². The molecule has 6 nitrogen and oxygen atoms in total. The molecule has 0 atom stereocenters. The Morgan fingerprint density at radius 3 is 2.33 bits per heavy atom. The van der Waals surface area contributed by atoms with Crippen molar-refractivity contribution < 1.29 is 14.4 Å². The summed E-state index contributed by atoms with van der Waals surface area (Å²) < 4.78 is 0. The first-order valence-electron chi connectivity index (χ1n) is 12.5. The van der Waals surface area contributed by atoms with E-state index in [1.54, 1.807) is 66.7 Å². The normalized spacial score (nSPS) is 11.0. The van der Waals surface area contributed by atoms with E-state index in [9.17, 15) is 14.4 Å². The van der Waals surface area contributed by atoms with Gasteiger partial charge in [-0.25, -0.2) is 0 Å². The van der Waals surface area contributed by atoms with Gasteiger partial charge in [-0.3, -0.25) is 14.4 Å². The molecule has 0 saturated heterocycles. The van der Waals surface area contributed by atoms with Crippen LogP contribution in [0, 0.1) is 13.8 Å². The number of hydrogen-bond donors (Lipinski definition) is 3. The molecular weight excluding hydrogens is 542 g/mol. The number of anilines is 2. The lowest BCUT2D eigenvalue weighted by Gasteiger charge is -2.13. The number of halogens is 1. The monoisotopic (exact) mass is 569 g/mol. The minimum atomic E-state index is -0.515. The Kier molecular flexibility index (Phi) is 9.78. The van der Waals surface area contributed by atoms with Crippen LogP contribution >= 0.6 is 23.4 Å². The molecule has 0 aliphatic rings. The lowest BCUT2D eigenvalue weighted by Crippen LogP contribution is -2.30. The second kappa shape index (κ2) is 13.6. The summed E-state index contributed by atoms with van der Waals surface area (Å²) in [6.45, 7) is 3.97. The zero-order chi connectivity index (χ0) is 28.5. The number of carbonyl (C=O) groups is 3. The molecule has 0 saturated carbocycles. The molecule has 0 aliphatic carbocycles. The topological polar surface area (TPSA) is 87.3 Å². The predicted octanol–water partition coefficient (Wildman–Crippen LogP) is 7.10. The van der Waals surface area contributed by atoms with E-state index in [1.165, 1.54) is 17.8 Å². The van der Waals surface area contributed by atoms with Gasteiger partial charge in [0.2, 0.25) is 5.91 Å². The summed E-state index contributed by atoms with van der Waals surface area (Å²) in [6, 6.07) is 28.6. The Hall–Kier alpha value is -4.33. The van der Waals surface area contributed by atoms with Crippen LogP contribution in [-0.2, 0) is 9.59 Å². The van der Waals surface area contributed by atoms with Crippen molar-refractivity contribution in [3.05, 3.63) is 130 Å². The molecule has 0 heterocycles. The van der Waals surface area contributed by atoms with Crippen LogP contribution in [-0.4, -0.2) is 23.5 Å². The fraction of sp³-hybridized carbons (Fsp3) is 0.0938. The van der Waals surface area contributed by atoms with Crippen LogP contribution in [0.25, 0.3) is 6.08 Å². The molecule has 40 heavy (non-hydrogen) atoms. The van der Waals surface area contributed by atoms with Gasteiger partial charge in [-0.15, -0.1) is 11.8 Å². The molecule has 3 amide bonds. The quantitative estimate of drug-likeness (QED) is 0.148. The first-order valence-corrected chi connectivity index (χ1v) is 13.9. The zero-order valence-corrected chi connectivity index (χ0v) is 23.6. The van der Waals surface area contributed by atoms with Crippen LogP contribution in [0.2, 0.25) is 5.02 Å². The molecule has 4 aromatic rings. The minimum absolute atomic E-state index is 0.0351. The van der Waals surface area contributed by atoms with Crippen molar-refractivity contribution in [1.29, 1.82) is 0 Å². The van der Waals surface area contributed by atoms with Gasteiger partial charge in [0.05, 0.1) is 5.75 Å². The van der Waals surface area contributed by atoms with Gasteiger partial charge < -0.3 is 16.0 Å². The van der Waals surface area contributed by atoms with Gasteiger partial charge in [0.25, 0.3) is 11.8 Å². The highest BCUT2D eigenvalue weighted by molar-refractivity contribution is 8.00. The Morgan fingerprint density at radius 2 is 1.55 bits per heavy atom. The molecule has 0 aliphatic heterocycles. The SMILES string of the molecule is Cc1cccc(NC(=O)CSc2cccc(NC(=O)/C(=C\c3ccccc3Cl)NC(=O)c3ccccc3)c2)c1C. The number of aryl methyl sites for hydroxylation is 1. The molecule has 3 N–H and O–H groups in total. The summed E-state index contributed by atoms with van der Waals surface area (Å²) in [7, 11) is 0. The fourth-order valence-corrected chi connectivity index (χ4v) is 4.72. The Bertz CT molecular complexity index is 1570. The van der Waals surface area contributed by atoms with E-state index < -0.39 is 11.8 Å². The maximum absolute atomic E-state index is 13.3. The lowest BCUT2D eigenvalue weighted by atomic mass is 10.1. The summed E-state index contributed by atoms with van der Waals surface area (Å²) in [5.41, 5.74) is 4.49. The third-order valence-corrected chi connectivity index (χ3v) is 7.41. The average molecular weight is 570 g/mol. The molecule has 4 aromatic carbocycles. The number of hydrogen-bond acceptors (Lipinski definition) is 4. The van der Waals surface area contributed by atoms with Crippen molar-refractivity contribution >= 4 is 58.5 Å². The second-order valence-electron chi connectivity index (χ2n) is 8.97. The number of nitrogens with one attached hydrogen (secondary N) is 3. The van der Waals surface area contributed by atoms with Crippen molar-refractivity contribution in [2.75, 3.05) is 16.4 Å². The van der Waals surface area contributed by atoms with E-state index >= 15 is 0 Å². The van der Waals surface area contributed by atoms with Crippen molar-refractivity contribution in [1.82, 2.24) is 5.32 Å². The van der Waals surface area contributed by atoms with E-state index in [0.29, 0.717) is 21.8 Å². The van der Waals surface area contributed by atoms with Crippen molar-refractivity contribution in [3.63, 3.8) is 0 Å². The molecule has 0 unspecified atom stereocenters. The number of rotatable bonds is 9. The van der Waals surface area contributed by atoms with Gasteiger partial charge in [0.15, 0.2) is 0 Å². The number of amides is 3. The van der Waals surface area contributed by atoms with Crippen LogP contribution in [0.4, 0.5) is 11.4 Å². The summed E-state index contributed by atoms with van der Waals surface area (Å²) in [6.07, 6.45) is 1.54. The van der Waals surface area contributed by atoms with Crippen LogP contribution in [0.15, 0.2) is 108 Å². The van der Waals surface area contributed by atoms with Gasteiger partial charge in [-0.05, 0) is 79.1 Å². The van der Waals surface area contributed by atoms with Gasteiger partial charge in [0, 0.05) is 26.9 Å². The highest BCUT2D eigenvalue weighted by atomic mass is 35.5. The Morgan fingerprint density at radius 1 is 0.825 bits per heavy atom. The maximum Gasteiger partial charge on any atom is 0.272 e.